The van der Waals surface area contributed by atoms with Crippen molar-refractivity contribution in [3.63, 3.8) is 0 Å². The minimum Gasteiger partial charge on any atom is -0.376 e. The van der Waals surface area contributed by atoms with E-state index >= 15 is 0 Å². The molecule has 8 nitrogen and oxygen atoms in total. The number of ether oxygens (including phenoxy) is 1. The second-order valence-electron chi connectivity index (χ2n) is 8.38. The van der Waals surface area contributed by atoms with E-state index in [1.54, 1.807) is 16.7 Å². The fourth-order valence-corrected chi connectivity index (χ4v) is 6.22. The number of carbonyl (C=O) groups excluding carboxylic acids is 2. The lowest BCUT2D eigenvalue weighted by atomic mass is 10.0. The molecule has 28 heavy (non-hydrogen) atoms. The number of nitrogens with zero attached hydrogens (tertiary/aromatic N) is 3. The van der Waals surface area contributed by atoms with Crippen molar-refractivity contribution in [3.05, 3.63) is 0 Å². The lowest BCUT2D eigenvalue weighted by Gasteiger charge is -2.38. The summed E-state index contributed by atoms with van der Waals surface area (Å²) < 4.78 is 29.6. The van der Waals surface area contributed by atoms with Gasteiger partial charge in [-0.3, -0.25) is 14.5 Å². The molecule has 0 spiro atoms. The van der Waals surface area contributed by atoms with Gasteiger partial charge >= 0.3 is 0 Å². The van der Waals surface area contributed by atoms with Gasteiger partial charge < -0.3 is 14.5 Å². The second kappa shape index (κ2) is 9.09. The summed E-state index contributed by atoms with van der Waals surface area (Å²) in [5.41, 5.74) is 0. The Morgan fingerprint density at radius 2 is 1.82 bits per heavy atom. The van der Waals surface area contributed by atoms with E-state index in [1.807, 2.05) is 7.05 Å². The summed E-state index contributed by atoms with van der Waals surface area (Å²) in [5, 5.41) is 0. The first-order valence-electron chi connectivity index (χ1n) is 10.3. The number of hydrogen-bond donors (Lipinski definition) is 0. The van der Waals surface area contributed by atoms with Crippen LogP contribution in [0.1, 0.15) is 39.0 Å². The number of likely N-dealkylation sites (tertiary alicyclic amines) is 1. The first-order chi connectivity index (χ1) is 13.2. The molecule has 0 radical (unpaired) electrons. The Labute approximate surface area is 168 Å². The highest BCUT2D eigenvalue weighted by Crippen LogP contribution is 2.22. The van der Waals surface area contributed by atoms with Crippen LogP contribution in [0.5, 0.6) is 0 Å². The molecule has 3 rings (SSSR count). The van der Waals surface area contributed by atoms with Crippen molar-refractivity contribution in [1.29, 1.82) is 0 Å². The van der Waals surface area contributed by atoms with E-state index in [-0.39, 0.29) is 41.5 Å². The minimum atomic E-state index is -3.05. The van der Waals surface area contributed by atoms with Crippen molar-refractivity contribution in [2.24, 2.45) is 0 Å². The third kappa shape index (κ3) is 5.45. The van der Waals surface area contributed by atoms with Gasteiger partial charge in [-0.1, -0.05) is 0 Å². The van der Waals surface area contributed by atoms with Crippen molar-refractivity contribution in [3.8, 4) is 0 Å². The molecule has 3 heterocycles. The van der Waals surface area contributed by atoms with E-state index in [0.29, 0.717) is 26.1 Å². The van der Waals surface area contributed by atoms with Crippen LogP contribution in [0.15, 0.2) is 0 Å². The Morgan fingerprint density at radius 3 is 2.36 bits per heavy atom. The zero-order valence-electron chi connectivity index (χ0n) is 17.0. The van der Waals surface area contributed by atoms with Crippen LogP contribution in [0.2, 0.25) is 0 Å². The van der Waals surface area contributed by atoms with Crippen LogP contribution in [-0.2, 0) is 24.2 Å². The van der Waals surface area contributed by atoms with Crippen LogP contribution < -0.4 is 0 Å². The van der Waals surface area contributed by atoms with E-state index in [0.717, 1.165) is 38.8 Å². The number of sulfone groups is 1. The standard InChI is InChI=1S/C19H33N3O5S/c1-15(23)20(2)16-5-8-21(9-6-16)13-19(24)22(12-18-4-3-10-27-18)17-7-11-28(25,26)14-17/h16-18H,3-14H2,1-2H3. The molecular formula is C19H33N3O5S. The molecule has 0 aliphatic carbocycles. The van der Waals surface area contributed by atoms with Gasteiger partial charge in [0.1, 0.15) is 0 Å². The van der Waals surface area contributed by atoms with Crippen LogP contribution in [0.4, 0.5) is 0 Å². The van der Waals surface area contributed by atoms with E-state index < -0.39 is 9.84 Å². The average molecular weight is 416 g/mol. The largest absolute Gasteiger partial charge is 0.376 e. The number of carbonyl (C=O) groups is 2. The average Bonchev–Trinajstić information content (AvgIpc) is 3.28. The molecule has 3 aliphatic rings. The summed E-state index contributed by atoms with van der Waals surface area (Å²) in [5.74, 6) is 0.294. The highest BCUT2D eigenvalue weighted by Gasteiger charge is 2.37. The van der Waals surface area contributed by atoms with Crippen LogP contribution in [0.25, 0.3) is 0 Å². The SMILES string of the molecule is CC(=O)N(C)C1CCN(CC(=O)N(CC2CCCO2)C2CCS(=O)(=O)C2)CC1. The zero-order chi connectivity index (χ0) is 20.3. The maximum absolute atomic E-state index is 13.1. The van der Waals surface area contributed by atoms with Gasteiger partial charge in [0, 0.05) is 52.3 Å². The number of amides is 2. The van der Waals surface area contributed by atoms with Crippen molar-refractivity contribution >= 4 is 21.7 Å². The topological polar surface area (TPSA) is 87.2 Å². The Bertz CT molecular complexity index is 669. The van der Waals surface area contributed by atoms with Gasteiger partial charge in [-0.15, -0.1) is 0 Å². The van der Waals surface area contributed by atoms with Crippen molar-refractivity contribution < 1.29 is 22.7 Å². The smallest absolute Gasteiger partial charge is 0.237 e. The molecule has 2 amide bonds. The van der Waals surface area contributed by atoms with E-state index in [1.165, 1.54) is 0 Å². The lowest BCUT2D eigenvalue weighted by molar-refractivity contribution is -0.137. The molecule has 0 aromatic heterocycles. The third-order valence-corrected chi connectivity index (χ3v) is 8.10. The van der Waals surface area contributed by atoms with Crippen LogP contribution in [-0.4, -0.2) is 104 Å². The third-order valence-electron chi connectivity index (χ3n) is 6.35. The quantitative estimate of drug-likeness (QED) is 0.613. The molecule has 2 atom stereocenters. The molecule has 0 N–H and O–H groups in total. The zero-order valence-corrected chi connectivity index (χ0v) is 17.8. The number of rotatable bonds is 6. The molecule has 2 unspecified atom stereocenters. The molecule has 3 aliphatic heterocycles. The van der Waals surface area contributed by atoms with Crippen LogP contribution in [0, 0.1) is 0 Å². The molecule has 0 saturated carbocycles. The maximum Gasteiger partial charge on any atom is 0.237 e. The van der Waals surface area contributed by atoms with Gasteiger partial charge in [-0.25, -0.2) is 8.42 Å². The molecule has 160 valence electrons. The van der Waals surface area contributed by atoms with Gasteiger partial charge in [-0.05, 0) is 32.1 Å². The Kier molecular flexibility index (Phi) is 6.98. The summed E-state index contributed by atoms with van der Waals surface area (Å²) in [6.07, 6.45) is 4.16. The maximum atomic E-state index is 13.1. The van der Waals surface area contributed by atoms with Crippen molar-refractivity contribution in [1.82, 2.24) is 14.7 Å². The van der Waals surface area contributed by atoms with Crippen molar-refractivity contribution in [2.75, 3.05) is 51.3 Å². The summed E-state index contributed by atoms with van der Waals surface area (Å²) in [6.45, 7) is 4.62. The normalized spacial score (nSPS) is 28.4. The van der Waals surface area contributed by atoms with Gasteiger partial charge in [-0.2, -0.15) is 0 Å². The summed E-state index contributed by atoms with van der Waals surface area (Å²) in [4.78, 5) is 30.3. The highest BCUT2D eigenvalue weighted by atomic mass is 32.2. The van der Waals surface area contributed by atoms with Gasteiger partial charge in [0.25, 0.3) is 0 Å². The first-order valence-corrected chi connectivity index (χ1v) is 12.1. The molecule has 0 aromatic carbocycles. The Morgan fingerprint density at radius 1 is 1.11 bits per heavy atom. The fraction of sp³-hybridized carbons (Fsp3) is 0.895. The second-order valence-corrected chi connectivity index (χ2v) is 10.6. The molecule has 0 aromatic rings. The molecule has 3 fully saturated rings. The lowest BCUT2D eigenvalue weighted by Crippen LogP contribution is -2.51. The molecule has 0 bridgehead atoms. The summed E-state index contributed by atoms with van der Waals surface area (Å²) in [6, 6.07) is -0.00472. The molecule has 3 saturated heterocycles. The van der Waals surface area contributed by atoms with E-state index in [4.69, 9.17) is 4.74 Å². The fourth-order valence-electron chi connectivity index (χ4n) is 4.49. The summed E-state index contributed by atoms with van der Waals surface area (Å²) >= 11 is 0. The van der Waals surface area contributed by atoms with Gasteiger partial charge in [0.2, 0.25) is 11.8 Å². The van der Waals surface area contributed by atoms with Crippen LogP contribution in [0.3, 0.4) is 0 Å². The minimum absolute atomic E-state index is 0.00373. The molecular weight excluding hydrogens is 382 g/mol. The monoisotopic (exact) mass is 415 g/mol. The van der Waals surface area contributed by atoms with Gasteiger partial charge in [0.05, 0.1) is 24.2 Å². The summed E-state index contributed by atoms with van der Waals surface area (Å²) in [7, 11) is -1.22. The van der Waals surface area contributed by atoms with Crippen molar-refractivity contribution in [2.45, 2.75) is 57.2 Å². The van der Waals surface area contributed by atoms with Crippen LogP contribution >= 0.6 is 0 Å². The number of piperidine rings is 1. The molecule has 9 heteroatoms. The Balaban J connectivity index is 1.57. The first kappa shape index (κ1) is 21.5. The van der Waals surface area contributed by atoms with E-state index in [2.05, 4.69) is 4.90 Å². The predicted octanol–water partition coefficient (Wildman–Crippen LogP) is 0.124. The number of hydrogen-bond acceptors (Lipinski definition) is 6. The van der Waals surface area contributed by atoms with Gasteiger partial charge in [0.15, 0.2) is 9.84 Å². The van der Waals surface area contributed by atoms with E-state index in [9.17, 15) is 18.0 Å². The predicted molar refractivity (Wildman–Crippen MR) is 106 cm³/mol. The Hall–Kier alpha value is -1.19. The highest BCUT2D eigenvalue weighted by molar-refractivity contribution is 7.91.